The van der Waals surface area contributed by atoms with Gasteiger partial charge in [0, 0.05) is 13.0 Å². The van der Waals surface area contributed by atoms with Gasteiger partial charge in [-0.3, -0.25) is 14.5 Å². The van der Waals surface area contributed by atoms with Gasteiger partial charge in [0.05, 0.1) is 5.92 Å². The molecule has 0 bridgehead atoms. The molecule has 1 unspecified atom stereocenters. The molecule has 0 saturated carbocycles. The minimum Gasteiger partial charge on any atom is -0.282 e. The molecule has 0 radical (unpaired) electrons. The molecule has 1 fully saturated rings. The van der Waals surface area contributed by atoms with Gasteiger partial charge in [0.1, 0.15) is 0 Å². The summed E-state index contributed by atoms with van der Waals surface area (Å²) in [5, 5.41) is 0. The summed E-state index contributed by atoms with van der Waals surface area (Å²) in [6.45, 7) is 8.59. The van der Waals surface area contributed by atoms with Crippen molar-refractivity contribution in [2.24, 2.45) is 11.3 Å². The van der Waals surface area contributed by atoms with Crippen molar-refractivity contribution in [1.29, 1.82) is 0 Å². The molecule has 14 heavy (non-hydrogen) atoms. The van der Waals surface area contributed by atoms with Crippen LogP contribution in [-0.4, -0.2) is 23.3 Å². The molecule has 0 N–H and O–H groups in total. The van der Waals surface area contributed by atoms with Crippen LogP contribution in [0.2, 0.25) is 0 Å². The number of rotatable bonds is 2. The maximum Gasteiger partial charge on any atom is 0.233 e. The van der Waals surface area contributed by atoms with Crippen LogP contribution in [-0.2, 0) is 9.59 Å². The van der Waals surface area contributed by atoms with Gasteiger partial charge in [0.25, 0.3) is 0 Å². The van der Waals surface area contributed by atoms with E-state index in [-0.39, 0.29) is 23.1 Å². The lowest BCUT2D eigenvalue weighted by Gasteiger charge is -2.24. The molecule has 2 amide bonds. The first-order valence-corrected chi connectivity index (χ1v) is 5.22. The van der Waals surface area contributed by atoms with Crippen molar-refractivity contribution in [2.75, 3.05) is 6.54 Å². The van der Waals surface area contributed by atoms with Gasteiger partial charge in [-0.2, -0.15) is 0 Å². The summed E-state index contributed by atoms with van der Waals surface area (Å²) >= 11 is 0. The van der Waals surface area contributed by atoms with Crippen LogP contribution in [0.3, 0.4) is 0 Å². The molecule has 80 valence electrons. The van der Waals surface area contributed by atoms with E-state index in [2.05, 4.69) is 0 Å². The maximum atomic E-state index is 11.9. The third-order valence-electron chi connectivity index (χ3n) is 2.74. The van der Waals surface area contributed by atoms with Crippen LogP contribution in [0.4, 0.5) is 0 Å². The molecule has 1 heterocycles. The van der Waals surface area contributed by atoms with Gasteiger partial charge in [0.2, 0.25) is 11.8 Å². The van der Waals surface area contributed by atoms with E-state index in [0.717, 1.165) is 6.42 Å². The zero-order chi connectivity index (χ0) is 10.9. The van der Waals surface area contributed by atoms with Gasteiger partial charge in [-0.15, -0.1) is 0 Å². The highest BCUT2D eigenvalue weighted by Gasteiger charge is 2.43. The van der Waals surface area contributed by atoms with Gasteiger partial charge in [-0.05, 0) is 11.8 Å². The molecule has 1 aliphatic rings. The smallest absolute Gasteiger partial charge is 0.233 e. The van der Waals surface area contributed by atoms with Crippen LogP contribution in [0, 0.1) is 11.3 Å². The van der Waals surface area contributed by atoms with E-state index in [4.69, 9.17) is 0 Å². The SMILES string of the molecule is CCCN1C(=O)CC(C(C)(C)C)C1=O. The second kappa shape index (κ2) is 3.71. The molecule has 1 aliphatic heterocycles. The highest BCUT2D eigenvalue weighted by atomic mass is 16.2. The van der Waals surface area contributed by atoms with Crippen LogP contribution in [0.25, 0.3) is 0 Å². The average Bonchev–Trinajstić information content (AvgIpc) is 2.31. The van der Waals surface area contributed by atoms with E-state index in [1.807, 2.05) is 27.7 Å². The summed E-state index contributed by atoms with van der Waals surface area (Å²) in [6.07, 6.45) is 1.23. The topological polar surface area (TPSA) is 37.4 Å². The predicted molar refractivity (Wildman–Crippen MR) is 54.6 cm³/mol. The molecule has 3 nitrogen and oxygen atoms in total. The van der Waals surface area contributed by atoms with Crippen LogP contribution in [0.15, 0.2) is 0 Å². The number of hydrogen-bond acceptors (Lipinski definition) is 2. The highest BCUT2D eigenvalue weighted by molar-refractivity contribution is 6.03. The molecule has 0 spiro atoms. The van der Waals surface area contributed by atoms with Crippen molar-refractivity contribution in [3.63, 3.8) is 0 Å². The Morgan fingerprint density at radius 1 is 1.36 bits per heavy atom. The zero-order valence-electron chi connectivity index (χ0n) is 9.46. The monoisotopic (exact) mass is 197 g/mol. The van der Waals surface area contributed by atoms with Crippen molar-refractivity contribution in [3.8, 4) is 0 Å². The lowest BCUT2D eigenvalue weighted by Crippen LogP contribution is -2.34. The lowest BCUT2D eigenvalue weighted by molar-refractivity contribution is -0.140. The summed E-state index contributed by atoms with van der Waals surface area (Å²) in [7, 11) is 0. The summed E-state index contributed by atoms with van der Waals surface area (Å²) in [6, 6.07) is 0. The summed E-state index contributed by atoms with van der Waals surface area (Å²) in [5.74, 6) is -0.109. The van der Waals surface area contributed by atoms with Crippen molar-refractivity contribution in [3.05, 3.63) is 0 Å². The maximum absolute atomic E-state index is 11.9. The molecule has 1 atom stereocenters. The third kappa shape index (κ3) is 1.97. The molecular formula is C11H19NO2. The normalized spacial score (nSPS) is 23.4. The Labute approximate surface area is 85.5 Å². The Hall–Kier alpha value is -0.860. The Kier molecular flexibility index (Phi) is 2.98. The number of carbonyl (C=O) groups excluding carboxylic acids is 2. The van der Waals surface area contributed by atoms with E-state index in [9.17, 15) is 9.59 Å². The van der Waals surface area contributed by atoms with Crippen molar-refractivity contribution < 1.29 is 9.59 Å². The molecule has 0 aliphatic carbocycles. The lowest BCUT2D eigenvalue weighted by atomic mass is 9.80. The summed E-state index contributed by atoms with van der Waals surface area (Å²) in [5.41, 5.74) is -0.102. The van der Waals surface area contributed by atoms with E-state index < -0.39 is 0 Å². The quantitative estimate of drug-likeness (QED) is 0.633. The molecule has 3 heteroatoms. The zero-order valence-corrected chi connectivity index (χ0v) is 9.46. The van der Waals surface area contributed by atoms with Crippen LogP contribution in [0.1, 0.15) is 40.5 Å². The molecule has 1 rings (SSSR count). The first-order valence-electron chi connectivity index (χ1n) is 5.22. The number of carbonyl (C=O) groups is 2. The third-order valence-corrected chi connectivity index (χ3v) is 2.74. The fraction of sp³-hybridized carbons (Fsp3) is 0.818. The molecular weight excluding hydrogens is 178 g/mol. The first kappa shape index (κ1) is 11.2. The van der Waals surface area contributed by atoms with Crippen LogP contribution < -0.4 is 0 Å². The van der Waals surface area contributed by atoms with E-state index >= 15 is 0 Å². The Morgan fingerprint density at radius 2 is 1.93 bits per heavy atom. The minimum atomic E-state index is -0.124. The molecule has 0 aromatic carbocycles. The minimum absolute atomic E-state index is 0.00299. The van der Waals surface area contributed by atoms with Gasteiger partial charge in [-0.25, -0.2) is 0 Å². The van der Waals surface area contributed by atoms with E-state index in [1.54, 1.807) is 0 Å². The van der Waals surface area contributed by atoms with Crippen LogP contribution >= 0.6 is 0 Å². The predicted octanol–water partition coefficient (Wildman–Crippen LogP) is 1.82. The highest BCUT2D eigenvalue weighted by Crippen LogP contribution is 2.35. The number of likely N-dealkylation sites (tertiary alicyclic amines) is 1. The summed E-state index contributed by atoms with van der Waals surface area (Å²) < 4.78 is 0. The van der Waals surface area contributed by atoms with E-state index in [1.165, 1.54) is 4.90 Å². The van der Waals surface area contributed by atoms with Crippen molar-refractivity contribution in [1.82, 2.24) is 4.90 Å². The van der Waals surface area contributed by atoms with Gasteiger partial charge in [-0.1, -0.05) is 27.7 Å². The molecule has 1 saturated heterocycles. The first-order chi connectivity index (χ1) is 6.38. The van der Waals surface area contributed by atoms with E-state index in [0.29, 0.717) is 13.0 Å². The summed E-state index contributed by atoms with van der Waals surface area (Å²) in [4.78, 5) is 24.8. The molecule has 0 aromatic rings. The van der Waals surface area contributed by atoms with Crippen molar-refractivity contribution in [2.45, 2.75) is 40.5 Å². The number of nitrogens with zero attached hydrogens (tertiary/aromatic N) is 1. The average molecular weight is 197 g/mol. The van der Waals surface area contributed by atoms with Crippen LogP contribution in [0.5, 0.6) is 0 Å². The van der Waals surface area contributed by atoms with Gasteiger partial charge in [0.15, 0.2) is 0 Å². The fourth-order valence-corrected chi connectivity index (χ4v) is 1.82. The molecule has 0 aromatic heterocycles. The number of imide groups is 1. The Balaban J connectivity index is 2.79. The van der Waals surface area contributed by atoms with Gasteiger partial charge < -0.3 is 0 Å². The largest absolute Gasteiger partial charge is 0.282 e. The number of amides is 2. The second-order valence-electron chi connectivity index (χ2n) is 5.01. The van der Waals surface area contributed by atoms with Gasteiger partial charge >= 0.3 is 0 Å². The number of hydrogen-bond donors (Lipinski definition) is 0. The Morgan fingerprint density at radius 3 is 2.29 bits per heavy atom. The second-order valence-corrected chi connectivity index (χ2v) is 5.01. The Bertz CT molecular complexity index is 253. The van der Waals surface area contributed by atoms with Crippen molar-refractivity contribution >= 4 is 11.8 Å². The standard InChI is InChI=1S/C11H19NO2/c1-5-6-12-9(13)7-8(10(12)14)11(2,3)4/h8H,5-7H2,1-4H3. The fourth-order valence-electron chi connectivity index (χ4n) is 1.82.